The van der Waals surface area contributed by atoms with E-state index in [9.17, 15) is 26.4 Å². The summed E-state index contributed by atoms with van der Waals surface area (Å²) in [4.78, 5) is 10.7. The summed E-state index contributed by atoms with van der Waals surface area (Å²) < 4.78 is 93.6. The van der Waals surface area contributed by atoms with E-state index in [2.05, 4.69) is 4.74 Å². The molecule has 0 radical (unpaired) electrons. The van der Waals surface area contributed by atoms with Crippen LogP contribution in [0.15, 0.2) is 59.5 Å². The van der Waals surface area contributed by atoms with Gasteiger partial charge in [-0.1, -0.05) is 23.7 Å². The molecule has 0 aliphatic carbocycles. The summed E-state index contributed by atoms with van der Waals surface area (Å²) in [5, 5.41) is 9.17. The van der Waals surface area contributed by atoms with Crippen LogP contribution >= 0.6 is 11.6 Å². The molecule has 1 aliphatic rings. The number of carbonyl (C=O) groups is 1. The van der Waals surface area contributed by atoms with Crippen molar-refractivity contribution in [2.24, 2.45) is 0 Å². The predicted octanol–water partition coefficient (Wildman–Crippen LogP) is 6.60. The van der Waals surface area contributed by atoms with Gasteiger partial charge >= 0.3 is 12.6 Å². The number of fused-ring (bicyclic) bond motifs is 1. The summed E-state index contributed by atoms with van der Waals surface area (Å²) in [5.41, 5.74) is 0.0841. The zero-order chi connectivity index (χ0) is 29.2. The second-order valence-electron chi connectivity index (χ2n) is 8.83. The first-order valence-corrected chi connectivity index (χ1v) is 13.6. The van der Waals surface area contributed by atoms with E-state index in [1.165, 1.54) is 49.4 Å². The number of carboxylic acids is 1. The first-order valence-electron chi connectivity index (χ1n) is 11.8. The number of nitrogens with zero attached hydrogens (tertiary/aromatic N) is 1. The molecule has 212 valence electrons. The number of hydrogen-bond acceptors (Lipinski definition) is 5. The summed E-state index contributed by atoms with van der Waals surface area (Å²) in [7, 11) is -4.47. The summed E-state index contributed by atoms with van der Waals surface area (Å²) >= 11 is 6.13. The Balaban J connectivity index is 1.82. The van der Waals surface area contributed by atoms with Crippen LogP contribution in [0.1, 0.15) is 30.9 Å². The van der Waals surface area contributed by atoms with Crippen molar-refractivity contribution in [2.75, 3.05) is 10.8 Å². The Morgan fingerprint density at radius 3 is 2.58 bits per heavy atom. The lowest BCUT2D eigenvalue weighted by Gasteiger charge is -2.35. The lowest BCUT2D eigenvalue weighted by molar-refractivity contribution is -0.137. The van der Waals surface area contributed by atoms with Crippen LogP contribution in [-0.2, 0) is 14.8 Å². The Labute approximate surface area is 232 Å². The van der Waals surface area contributed by atoms with Crippen molar-refractivity contribution in [3.05, 3.63) is 82.4 Å². The fourth-order valence-corrected chi connectivity index (χ4v) is 6.09. The van der Waals surface area contributed by atoms with Crippen LogP contribution in [0.3, 0.4) is 0 Å². The van der Waals surface area contributed by atoms with Crippen molar-refractivity contribution >= 4 is 44.9 Å². The number of alkyl halides is 2. The molecule has 0 saturated heterocycles. The summed E-state index contributed by atoms with van der Waals surface area (Å²) in [5.74, 6) is -3.18. The Kier molecular flexibility index (Phi) is 8.59. The number of halogens is 5. The van der Waals surface area contributed by atoms with E-state index in [-0.39, 0.29) is 52.5 Å². The summed E-state index contributed by atoms with van der Waals surface area (Å²) in [6.45, 7) is -2.04. The third-order valence-electron chi connectivity index (χ3n) is 6.04. The SMILES string of the molecule is CC(=Cc1cc2c(cc1F)OC(CCC(=O)O)CN2S(=O)(=O)c1cccc(OC(F)F)c1)c1c(F)cccc1Cl. The van der Waals surface area contributed by atoms with E-state index in [4.69, 9.17) is 21.4 Å². The number of anilines is 1. The first kappa shape index (κ1) is 29.2. The van der Waals surface area contributed by atoms with Gasteiger partial charge in [0.05, 0.1) is 22.2 Å². The standard InChI is InChI=1S/C27H22ClF4NO6S/c1-15(26-20(28)6-3-7-21(26)29)10-16-11-23-24(13-22(16)30)38-18(8-9-25(34)35)14-33(23)40(36,37)19-5-2-4-17(12-19)39-27(31)32/h2-7,10-13,18,27H,8-9,14H2,1H3,(H,34,35). The number of rotatable bonds is 9. The normalized spacial score (nSPS) is 15.5. The highest BCUT2D eigenvalue weighted by molar-refractivity contribution is 7.92. The average molecular weight is 600 g/mol. The van der Waals surface area contributed by atoms with Crippen molar-refractivity contribution in [3.8, 4) is 11.5 Å². The lowest BCUT2D eigenvalue weighted by Crippen LogP contribution is -2.43. The van der Waals surface area contributed by atoms with E-state index < -0.39 is 51.0 Å². The monoisotopic (exact) mass is 599 g/mol. The molecule has 1 unspecified atom stereocenters. The molecule has 0 aromatic heterocycles. The highest BCUT2D eigenvalue weighted by Gasteiger charge is 2.36. The van der Waals surface area contributed by atoms with E-state index in [0.29, 0.717) is 0 Å². The van der Waals surface area contributed by atoms with E-state index in [0.717, 1.165) is 22.5 Å². The molecule has 1 atom stereocenters. The van der Waals surface area contributed by atoms with Gasteiger partial charge in [-0.15, -0.1) is 0 Å². The van der Waals surface area contributed by atoms with Gasteiger partial charge < -0.3 is 14.6 Å². The Bertz CT molecular complexity index is 1560. The molecule has 0 fully saturated rings. The van der Waals surface area contributed by atoms with Crippen molar-refractivity contribution < 1.29 is 45.4 Å². The van der Waals surface area contributed by atoms with Crippen molar-refractivity contribution in [1.29, 1.82) is 0 Å². The molecular formula is C27H22ClF4NO6S. The van der Waals surface area contributed by atoms with E-state index >= 15 is 4.39 Å². The Morgan fingerprint density at radius 1 is 1.18 bits per heavy atom. The van der Waals surface area contributed by atoms with Gasteiger partial charge in [-0.25, -0.2) is 17.2 Å². The van der Waals surface area contributed by atoms with Crippen LogP contribution in [0.2, 0.25) is 5.02 Å². The molecule has 7 nitrogen and oxygen atoms in total. The predicted molar refractivity (Wildman–Crippen MR) is 140 cm³/mol. The van der Waals surface area contributed by atoms with Crippen LogP contribution in [-0.4, -0.2) is 38.8 Å². The number of hydrogen-bond donors (Lipinski definition) is 1. The molecule has 1 aliphatic heterocycles. The molecule has 1 heterocycles. The van der Waals surface area contributed by atoms with Gasteiger partial charge in [0.1, 0.15) is 29.2 Å². The molecule has 0 saturated carbocycles. The maximum Gasteiger partial charge on any atom is 0.387 e. The molecule has 13 heteroatoms. The molecule has 1 N–H and O–H groups in total. The third kappa shape index (κ3) is 6.34. The van der Waals surface area contributed by atoms with Gasteiger partial charge in [-0.2, -0.15) is 8.78 Å². The number of aliphatic carboxylic acids is 1. The lowest BCUT2D eigenvalue weighted by atomic mass is 10.0. The molecule has 0 bridgehead atoms. The van der Waals surface area contributed by atoms with Crippen LogP contribution in [0.25, 0.3) is 11.6 Å². The van der Waals surface area contributed by atoms with Crippen LogP contribution in [0, 0.1) is 11.6 Å². The topological polar surface area (TPSA) is 93.1 Å². The zero-order valence-electron chi connectivity index (χ0n) is 20.8. The second-order valence-corrected chi connectivity index (χ2v) is 11.1. The van der Waals surface area contributed by atoms with E-state index in [1.807, 2.05) is 0 Å². The maximum atomic E-state index is 15.2. The number of carboxylic acid groups (broad SMARTS) is 1. The minimum atomic E-state index is -4.47. The van der Waals surface area contributed by atoms with E-state index in [1.54, 1.807) is 0 Å². The van der Waals surface area contributed by atoms with Gasteiger partial charge in [0.25, 0.3) is 10.0 Å². The molecular weight excluding hydrogens is 578 g/mol. The molecule has 0 amide bonds. The highest BCUT2D eigenvalue weighted by atomic mass is 35.5. The summed E-state index contributed by atoms with van der Waals surface area (Å²) in [6.07, 6.45) is -0.113. The minimum absolute atomic E-state index is 0.0339. The average Bonchev–Trinajstić information content (AvgIpc) is 2.87. The Hall–Kier alpha value is -3.77. The highest BCUT2D eigenvalue weighted by Crippen LogP contribution is 2.41. The quantitative estimate of drug-likeness (QED) is 0.220. The number of benzene rings is 3. The fraction of sp³-hybridized carbons (Fsp3) is 0.222. The third-order valence-corrected chi connectivity index (χ3v) is 8.13. The maximum absolute atomic E-state index is 15.2. The molecule has 3 aromatic rings. The van der Waals surface area contributed by atoms with Crippen LogP contribution in [0.4, 0.5) is 23.2 Å². The van der Waals surface area contributed by atoms with Crippen molar-refractivity contribution in [3.63, 3.8) is 0 Å². The Morgan fingerprint density at radius 2 is 1.90 bits per heavy atom. The number of ether oxygens (including phenoxy) is 2. The van der Waals surface area contributed by atoms with Crippen LogP contribution in [0.5, 0.6) is 11.5 Å². The zero-order valence-corrected chi connectivity index (χ0v) is 22.4. The largest absolute Gasteiger partial charge is 0.486 e. The van der Waals surface area contributed by atoms with Crippen molar-refractivity contribution in [2.45, 2.75) is 37.4 Å². The van der Waals surface area contributed by atoms with Gasteiger partial charge in [0.2, 0.25) is 0 Å². The first-order chi connectivity index (χ1) is 18.9. The molecule has 0 spiro atoms. The minimum Gasteiger partial charge on any atom is -0.486 e. The van der Waals surface area contributed by atoms with Crippen LogP contribution < -0.4 is 13.8 Å². The summed E-state index contributed by atoms with van der Waals surface area (Å²) in [6, 6.07) is 10.7. The van der Waals surface area contributed by atoms with Gasteiger partial charge in [-0.3, -0.25) is 9.10 Å². The molecule has 40 heavy (non-hydrogen) atoms. The van der Waals surface area contributed by atoms with Gasteiger partial charge in [0, 0.05) is 29.7 Å². The smallest absolute Gasteiger partial charge is 0.387 e. The number of allylic oxidation sites excluding steroid dienone is 1. The molecule has 4 rings (SSSR count). The van der Waals surface area contributed by atoms with Gasteiger partial charge in [-0.05, 0) is 55.3 Å². The molecule has 3 aromatic carbocycles. The fourth-order valence-electron chi connectivity index (χ4n) is 4.24. The van der Waals surface area contributed by atoms with Gasteiger partial charge in [0.15, 0.2) is 0 Å². The second kappa shape index (κ2) is 11.8. The number of sulfonamides is 1. The van der Waals surface area contributed by atoms with Crippen molar-refractivity contribution in [1.82, 2.24) is 0 Å².